The summed E-state index contributed by atoms with van der Waals surface area (Å²) in [5.41, 5.74) is 2.43. The standard InChI is InChI=1S/C17H14N4O3/c22-11-14-7-6-13(10-18-14)19-17-16(21(23)24)9-8-15(20-17)12-4-2-1-3-5-12/h1-10,22H,11H2,(H,19,20). The van der Waals surface area contributed by atoms with Crippen LogP contribution in [-0.2, 0) is 6.61 Å². The van der Waals surface area contributed by atoms with E-state index < -0.39 is 4.92 Å². The third kappa shape index (κ3) is 3.36. The molecule has 0 atom stereocenters. The van der Waals surface area contributed by atoms with Crippen molar-refractivity contribution in [3.8, 4) is 11.3 Å². The van der Waals surface area contributed by atoms with E-state index in [1.165, 1.54) is 12.3 Å². The van der Waals surface area contributed by atoms with Crippen LogP contribution in [0.25, 0.3) is 11.3 Å². The maximum atomic E-state index is 11.2. The van der Waals surface area contributed by atoms with Crippen molar-refractivity contribution in [3.63, 3.8) is 0 Å². The van der Waals surface area contributed by atoms with E-state index in [-0.39, 0.29) is 18.1 Å². The summed E-state index contributed by atoms with van der Waals surface area (Å²) in [5, 5.41) is 23.2. The number of hydrogen-bond acceptors (Lipinski definition) is 6. The molecule has 1 aromatic carbocycles. The second-order valence-electron chi connectivity index (χ2n) is 5.01. The summed E-state index contributed by atoms with van der Waals surface area (Å²) in [7, 11) is 0. The molecule has 2 aromatic heterocycles. The normalized spacial score (nSPS) is 10.4. The lowest BCUT2D eigenvalue weighted by molar-refractivity contribution is -0.384. The molecule has 0 aliphatic heterocycles. The van der Waals surface area contributed by atoms with Gasteiger partial charge in [0.2, 0.25) is 5.82 Å². The van der Waals surface area contributed by atoms with Crippen molar-refractivity contribution in [2.24, 2.45) is 0 Å². The van der Waals surface area contributed by atoms with Crippen molar-refractivity contribution in [1.29, 1.82) is 0 Å². The van der Waals surface area contributed by atoms with Gasteiger partial charge < -0.3 is 10.4 Å². The van der Waals surface area contributed by atoms with Gasteiger partial charge in [0.15, 0.2) is 0 Å². The number of rotatable bonds is 5. The number of aliphatic hydroxyl groups is 1. The molecule has 7 heteroatoms. The van der Waals surface area contributed by atoms with Crippen molar-refractivity contribution < 1.29 is 10.0 Å². The smallest absolute Gasteiger partial charge is 0.311 e. The summed E-state index contributed by atoms with van der Waals surface area (Å²) in [4.78, 5) is 19.2. The first kappa shape index (κ1) is 15.6. The highest BCUT2D eigenvalue weighted by molar-refractivity contribution is 5.70. The average molecular weight is 322 g/mol. The Morgan fingerprint density at radius 2 is 1.88 bits per heavy atom. The molecule has 7 nitrogen and oxygen atoms in total. The fourth-order valence-electron chi connectivity index (χ4n) is 2.19. The number of hydrogen-bond donors (Lipinski definition) is 2. The van der Waals surface area contributed by atoms with Crippen LogP contribution in [0.1, 0.15) is 5.69 Å². The molecule has 120 valence electrons. The largest absolute Gasteiger partial charge is 0.390 e. The van der Waals surface area contributed by atoms with Crippen molar-refractivity contribution in [1.82, 2.24) is 9.97 Å². The van der Waals surface area contributed by atoms with E-state index in [1.54, 1.807) is 18.2 Å². The van der Waals surface area contributed by atoms with E-state index in [0.29, 0.717) is 17.1 Å². The minimum atomic E-state index is -0.486. The lowest BCUT2D eigenvalue weighted by Gasteiger charge is -2.08. The minimum absolute atomic E-state index is 0.124. The summed E-state index contributed by atoms with van der Waals surface area (Å²) < 4.78 is 0. The molecule has 3 aromatic rings. The summed E-state index contributed by atoms with van der Waals surface area (Å²) in [6.45, 7) is -0.165. The summed E-state index contributed by atoms with van der Waals surface area (Å²) in [6, 6.07) is 15.8. The molecule has 0 unspecified atom stereocenters. The Hall–Kier alpha value is -3.32. The Morgan fingerprint density at radius 1 is 1.08 bits per heavy atom. The Labute approximate surface area is 137 Å². The second-order valence-corrected chi connectivity index (χ2v) is 5.01. The van der Waals surface area contributed by atoms with Gasteiger partial charge in [-0.15, -0.1) is 0 Å². The molecule has 0 spiro atoms. The fraction of sp³-hybridized carbons (Fsp3) is 0.0588. The molecule has 24 heavy (non-hydrogen) atoms. The molecule has 0 radical (unpaired) electrons. The van der Waals surface area contributed by atoms with Crippen LogP contribution in [0, 0.1) is 10.1 Å². The van der Waals surface area contributed by atoms with Crippen LogP contribution in [0.15, 0.2) is 60.8 Å². The zero-order valence-electron chi connectivity index (χ0n) is 12.6. The highest BCUT2D eigenvalue weighted by atomic mass is 16.6. The van der Waals surface area contributed by atoms with Crippen LogP contribution in [0.2, 0.25) is 0 Å². The van der Waals surface area contributed by atoms with Crippen LogP contribution >= 0.6 is 0 Å². The maximum absolute atomic E-state index is 11.2. The Bertz CT molecular complexity index is 851. The summed E-state index contributed by atoms with van der Waals surface area (Å²) >= 11 is 0. The molecule has 0 saturated heterocycles. The third-order valence-electron chi connectivity index (χ3n) is 3.39. The van der Waals surface area contributed by atoms with Crippen LogP contribution < -0.4 is 5.32 Å². The monoisotopic (exact) mass is 322 g/mol. The van der Waals surface area contributed by atoms with Gasteiger partial charge >= 0.3 is 5.69 Å². The molecule has 3 rings (SSSR count). The van der Waals surface area contributed by atoms with Crippen molar-refractivity contribution in [3.05, 3.63) is 76.6 Å². The number of anilines is 2. The lowest BCUT2D eigenvalue weighted by Crippen LogP contribution is -2.01. The predicted octanol–water partition coefficient (Wildman–Crippen LogP) is 3.29. The number of nitrogens with zero attached hydrogens (tertiary/aromatic N) is 3. The zero-order valence-corrected chi connectivity index (χ0v) is 12.6. The number of aromatic nitrogens is 2. The average Bonchev–Trinajstić information content (AvgIpc) is 2.63. The van der Waals surface area contributed by atoms with Crippen molar-refractivity contribution in [2.45, 2.75) is 6.61 Å². The van der Waals surface area contributed by atoms with Crippen LogP contribution in [0.4, 0.5) is 17.2 Å². The van der Waals surface area contributed by atoms with Gasteiger partial charge in [-0.2, -0.15) is 0 Å². The first-order valence-corrected chi connectivity index (χ1v) is 7.21. The first-order chi connectivity index (χ1) is 11.7. The number of pyridine rings is 2. The Kier molecular flexibility index (Phi) is 4.44. The van der Waals surface area contributed by atoms with Gasteiger partial charge in [-0.25, -0.2) is 4.98 Å². The highest BCUT2D eigenvalue weighted by Gasteiger charge is 2.17. The molecule has 2 heterocycles. The van der Waals surface area contributed by atoms with Gasteiger partial charge in [0.05, 0.1) is 34.8 Å². The van der Waals surface area contributed by atoms with E-state index in [0.717, 1.165) is 5.56 Å². The van der Waals surface area contributed by atoms with Crippen molar-refractivity contribution >= 4 is 17.2 Å². The van der Waals surface area contributed by atoms with Crippen molar-refractivity contribution in [2.75, 3.05) is 5.32 Å². The quantitative estimate of drug-likeness (QED) is 0.552. The fourth-order valence-corrected chi connectivity index (χ4v) is 2.19. The zero-order chi connectivity index (χ0) is 16.9. The number of nitrogens with one attached hydrogen (secondary N) is 1. The van der Waals surface area contributed by atoms with E-state index in [1.807, 2.05) is 30.3 Å². The Morgan fingerprint density at radius 3 is 2.50 bits per heavy atom. The SMILES string of the molecule is O=[N+]([O-])c1ccc(-c2ccccc2)nc1Nc1ccc(CO)nc1. The van der Waals surface area contributed by atoms with Crippen LogP contribution in [-0.4, -0.2) is 20.0 Å². The molecule has 2 N–H and O–H groups in total. The van der Waals surface area contributed by atoms with Gasteiger partial charge in [0.25, 0.3) is 0 Å². The van der Waals surface area contributed by atoms with Crippen LogP contribution in [0.3, 0.4) is 0 Å². The number of nitro groups is 1. The maximum Gasteiger partial charge on any atom is 0.311 e. The van der Waals surface area contributed by atoms with Gasteiger partial charge in [0, 0.05) is 11.6 Å². The molecule has 0 bridgehead atoms. The molecule has 0 aliphatic rings. The summed E-state index contributed by atoms with van der Waals surface area (Å²) in [6.07, 6.45) is 1.49. The van der Waals surface area contributed by atoms with E-state index >= 15 is 0 Å². The molecule has 0 amide bonds. The third-order valence-corrected chi connectivity index (χ3v) is 3.39. The van der Waals surface area contributed by atoms with Gasteiger partial charge in [-0.1, -0.05) is 30.3 Å². The number of aliphatic hydroxyl groups excluding tert-OH is 1. The molecular formula is C17H14N4O3. The predicted molar refractivity (Wildman–Crippen MR) is 89.8 cm³/mol. The van der Waals surface area contributed by atoms with Gasteiger partial charge in [0.1, 0.15) is 0 Å². The number of benzene rings is 1. The molecule has 0 fully saturated rings. The molecule has 0 saturated carbocycles. The van der Waals surface area contributed by atoms with Gasteiger partial charge in [-0.3, -0.25) is 15.1 Å². The Balaban J connectivity index is 1.98. The topological polar surface area (TPSA) is 101 Å². The molecule has 0 aliphatic carbocycles. The van der Waals surface area contributed by atoms with Gasteiger partial charge in [-0.05, 0) is 18.2 Å². The molecular weight excluding hydrogens is 308 g/mol. The summed E-state index contributed by atoms with van der Waals surface area (Å²) in [5.74, 6) is 0.139. The van der Waals surface area contributed by atoms with E-state index in [4.69, 9.17) is 5.11 Å². The van der Waals surface area contributed by atoms with E-state index in [2.05, 4.69) is 15.3 Å². The van der Waals surface area contributed by atoms with Crippen LogP contribution in [0.5, 0.6) is 0 Å². The first-order valence-electron chi connectivity index (χ1n) is 7.21. The highest BCUT2D eigenvalue weighted by Crippen LogP contribution is 2.29. The lowest BCUT2D eigenvalue weighted by atomic mass is 10.1. The van der Waals surface area contributed by atoms with E-state index in [9.17, 15) is 10.1 Å². The second kappa shape index (κ2) is 6.84. The minimum Gasteiger partial charge on any atom is -0.390 e.